The van der Waals surface area contributed by atoms with E-state index in [4.69, 9.17) is 0 Å². The molecule has 110 valence electrons. The van der Waals surface area contributed by atoms with Gasteiger partial charge < -0.3 is 5.32 Å². The fourth-order valence-electron chi connectivity index (χ4n) is 2.01. The molecule has 1 amide bonds. The van der Waals surface area contributed by atoms with Gasteiger partial charge in [0.15, 0.2) is 0 Å². The lowest BCUT2D eigenvalue weighted by Gasteiger charge is -2.03. The zero-order valence-electron chi connectivity index (χ0n) is 11.9. The smallest absolute Gasteiger partial charge is 0.271 e. The van der Waals surface area contributed by atoms with Crippen molar-refractivity contribution in [1.29, 1.82) is 0 Å². The molecule has 5 heteroatoms. The van der Waals surface area contributed by atoms with Crippen molar-refractivity contribution in [3.8, 4) is 10.6 Å². The van der Waals surface area contributed by atoms with E-state index in [1.54, 1.807) is 17.8 Å². The molecule has 0 fully saturated rings. The predicted octanol–water partition coefficient (Wildman–Crippen LogP) is 3.38. The summed E-state index contributed by atoms with van der Waals surface area (Å²) in [4.78, 5) is 20.6. The van der Waals surface area contributed by atoms with Crippen LogP contribution in [0, 0.1) is 0 Å². The number of rotatable bonds is 4. The van der Waals surface area contributed by atoms with Crippen molar-refractivity contribution < 1.29 is 4.79 Å². The quantitative estimate of drug-likeness (QED) is 0.942. The van der Waals surface area contributed by atoms with Crippen LogP contribution in [0.5, 0.6) is 0 Å². The lowest BCUT2D eigenvalue weighted by Crippen LogP contribution is -2.25. The number of carbonyl (C=O) groups is 1. The molecule has 0 atom stereocenters. The Balaban J connectivity index is 1.65. The molecule has 2 aromatic rings. The summed E-state index contributed by atoms with van der Waals surface area (Å²) >= 11 is 1.44. The lowest BCUT2D eigenvalue weighted by molar-refractivity contribution is 0.0953. The minimum absolute atomic E-state index is 0.158. The van der Waals surface area contributed by atoms with Gasteiger partial charge in [0.1, 0.15) is 10.7 Å². The molecular formula is C17H15N3OS. The van der Waals surface area contributed by atoms with Crippen LogP contribution in [0.3, 0.4) is 0 Å². The summed E-state index contributed by atoms with van der Waals surface area (Å²) in [5.74, 6) is -0.158. The van der Waals surface area contributed by atoms with E-state index >= 15 is 0 Å². The van der Waals surface area contributed by atoms with E-state index in [9.17, 15) is 4.79 Å². The van der Waals surface area contributed by atoms with Crippen LogP contribution in [0.25, 0.3) is 10.6 Å². The molecule has 2 aromatic heterocycles. The zero-order valence-corrected chi connectivity index (χ0v) is 12.7. The summed E-state index contributed by atoms with van der Waals surface area (Å²) in [5.41, 5.74) is 2.44. The van der Waals surface area contributed by atoms with Gasteiger partial charge in [-0.15, -0.1) is 11.3 Å². The Labute approximate surface area is 132 Å². The van der Waals surface area contributed by atoms with Gasteiger partial charge in [-0.05, 0) is 24.1 Å². The molecule has 1 aliphatic carbocycles. The van der Waals surface area contributed by atoms with Crippen molar-refractivity contribution in [2.45, 2.75) is 6.42 Å². The van der Waals surface area contributed by atoms with Gasteiger partial charge in [-0.2, -0.15) is 0 Å². The molecule has 4 nitrogen and oxygen atoms in total. The highest BCUT2D eigenvalue weighted by atomic mass is 32.1. The van der Waals surface area contributed by atoms with E-state index in [2.05, 4.69) is 27.4 Å². The normalized spacial score (nSPS) is 13.5. The van der Waals surface area contributed by atoms with E-state index < -0.39 is 0 Å². The van der Waals surface area contributed by atoms with Crippen LogP contribution in [0.2, 0.25) is 0 Å². The second-order valence-corrected chi connectivity index (χ2v) is 5.63. The van der Waals surface area contributed by atoms with Gasteiger partial charge in [0.2, 0.25) is 0 Å². The maximum Gasteiger partial charge on any atom is 0.271 e. The maximum absolute atomic E-state index is 12.2. The number of allylic oxidation sites excluding steroid dienone is 4. The fourth-order valence-corrected chi connectivity index (χ4v) is 2.81. The lowest BCUT2D eigenvalue weighted by atomic mass is 10.2. The van der Waals surface area contributed by atoms with Gasteiger partial charge in [-0.3, -0.25) is 9.78 Å². The number of pyridine rings is 1. The first-order chi connectivity index (χ1) is 10.8. The molecule has 0 aromatic carbocycles. The molecule has 1 aliphatic rings. The second-order valence-electron chi connectivity index (χ2n) is 4.77. The monoisotopic (exact) mass is 309 g/mol. The van der Waals surface area contributed by atoms with Crippen molar-refractivity contribution in [3.05, 3.63) is 71.6 Å². The van der Waals surface area contributed by atoms with Gasteiger partial charge in [0.25, 0.3) is 5.91 Å². The van der Waals surface area contributed by atoms with Crippen molar-refractivity contribution in [1.82, 2.24) is 15.3 Å². The number of amides is 1. The third kappa shape index (κ3) is 3.56. The highest BCUT2D eigenvalue weighted by Crippen LogP contribution is 2.22. The van der Waals surface area contributed by atoms with E-state index in [1.165, 1.54) is 11.3 Å². The summed E-state index contributed by atoms with van der Waals surface area (Å²) < 4.78 is 0. The number of nitrogens with one attached hydrogen (secondary N) is 1. The Bertz CT molecular complexity index is 744. The molecule has 0 unspecified atom stereocenters. The predicted molar refractivity (Wildman–Crippen MR) is 88.7 cm³/mol. The summed E-state index contributed by atoms with van der Waals surface area (Å²) in [7, 11) is 0. The van der Waals surface area contributed by atoms with Crippen molar-refractivity contribution >= 4 is 17.2 Å². The summed E-state index contributed by atoms with van der Waals surface area (Å²) in [6.45, 7) is 0.499. The SMILES string of the molecule is O=C(NCC1=CC=CCC=C1)c1csc(-c2cccnc2)n1. The summed E-state index contributed by atoms with van der Waals surface area (Å²) in [6, 6.07) is 3.79. The molecular weight excluding hydrogens is 294 g/mol. The molecule has 3 rings (SSSR count). The van der Waals surface area contributed by atoms with Crippen LogP contribution in [0.4, 0.5) is 0 Å². The second kappa shape index (κ2) is 6.95. The van der Waals surface area contributed by atoms with Gasteiger partial charge in [-0.1, -0.05) is 30.4 Å². The van der Waals surface area contributed by atoms with Gasteiger partial charge in [-0.25, -0.2) is 4.98 Å². The molecule has 0 radical (unpaired) electrons. The van der Waals surface area contributed by atoms with Crippen molar-refractivity contribution in [3.63, 3.8) is 0 Å². The zero-order chi connectivity index (χ0) is 15.2. The molecule has 1 N–H and O–H groups in total. The number of aromatic nitrogens is 2. The first-order valence-corrected chi connectivity index (χ1v) is 7.87. The number of hydrogen-bond acceptors (Lipinski definition) is 4. The highest BCUT2D eigenvalue weighted by Gasteiger charge is 2.11. The Morgan fingerprint density at radius 3 is 3.18 bits per heavy atom. The van der Waals surface area contributed by atoms with E-state index in [0.717, 1.165) is 22.6 Å². The Kier molecular flexibility index (Phi) is 4.56. The van der Waals surface area contributed by atoms with Gasteiger partial charge >= 0.3 is 0 Å². The minimum atomic E-state index is -0.158. The van der Waals surface area contributed by atoms with Crippen molar-refractivity contribution in [2.24, 2.45) is 0 Å². The Hall–Kier alpha value is -2.53. The molecule has 0 saturated carbocycles. The number of hydrogen-bond donors (Lipinski definition) is 1. The van der Waals surface area contributed by atoms with Crippen LogP contribution in [-0.4, -0.2) is 22.4 Å². The van der Waals surface area contributed by atoms with Gasteiger partial charge in [0, 0.05) is 29.9 Å². The van der Waals surface area contributed by atoms with Crippen LogP contribution in [-0.2, 0) is 0 Å². The number of carbonyl (C=O) groups excluding carboxylic acids is 1. The fraction of sp³-hybridized carbons (Fsp3) is 0.118. The van der Waals surface area contributed by atoms with Crippen LogP contribution in [0.1, 0.15) is 16.9 Å². The van der Waals surface area contributed by atoms with Crippen LogP contribution >= 0.6 is 11.3 Å². The topological polar surface area (TPSA) is 54.9 Å². The molecule has 0 aliphatic heterocycles. The van der Waals surface area contributed by atoms with E-state index in [-0.39, 0.29) is 5.91 Å². The van der Waals surface area contributed by atoms with Crippen LogP contribution < -0.4 is 5.32 Å². The molecule has 0 saturated heterocycles. The average Bonchev–Trinajstić information content (AvgIpc) is 2.91. The third-order valence-electron chi connectivity index (χ3n) is 3.15. The first-order valence-electron chi connectivity index (χ1n) is 6.99. The number of nitrogens with zero attached hydrogens (tertiary/aromatic N) is 2. The summed E-state index contributed by atoms with van der Waals surface area (Å²) in [5, 5.41) is 5.47. The Morgan fingerprint density at radius 1 is 1.36 bits per heavy atom. The third-order valence-corrected chi connectivity index (χ3v) is 4.04. The number of thiazole rings is 1. The average molecular weight is 309 g/mol. The molecule has 0 bridgehead atoms. The maximum atomic E-state index is 12.2. The Morgan fingerprint density at radius 2 is 2.32 bits per heavy atom. The molecule has 22 heavy (non-hydrogen) atoms. The largest absolute Gasteiger partial charge is 0.347 e. The minimum Gasteiger partial charge on any atom is -0.347 e. The van der Waals surface area contributed by atoms with E-state index in [1.807, 2.05) is 30.4 Å². The summed E-state index contributed by atoms with van der Waals surface area (Å²) in [6.07, 6.45) is 14.6. The highest BCUT2D eigenvalue weighted by molar-refractivity contribution is 7.13. The molecule has 0 spiro atoms. The van der Waals surface area contributed by atoms with Crippen molar-refractivity contribution in [2.75, 3.05) is 6.54 Å². The van der Waals surface area contributed by atoms with E-state index in [0.29, 0.717) is 12.2 Å². The standard InChI is InChI=1S/C17H15N3OS/c21-16(19-10-13-6-3-1-2-4-7-13)15-12-22-17(20-15)14-8-5-9-18-11-14/h1,3-9,11-12H,2,10H2,(H,19,21). The first kappa shape index (κ1) is 14.4. The molecule has 2 heterocycles. The van der Waals surface area contributed by atoms with Gasteiger partial charge in [0.05, 0.1) is 0 Å². The van der Waals surface area contributed by atoms with Crippen LogP contribution in [0.15, 0.2) is 65.9 Å².